The van der Waals surface area contributed by atoms with Crippen molar-refractivity contribution in [3.05, 3.63) is 35.1 Å². The van der Waals surface area contributed by atoms with Gasteiger partial charge >= 0.3 is 0 Å². The van der Waals surface area contributed by atoms with Crippen LogP contribution in [0.25, 0.3) is 0 Å². The zero-order valence-corrected chi connectivity index (χ0v) is 8.21. The molecule has 0 N–H and O–H groups in total. The maximum atomic E-state index is 13.0. The molecular formula is C11H11FN2. The number of rotatable bonds is 1. The summed E-state index contributed by atoms with van der Waals surface area (Å²) in [5, 5.41) is 0. The van der Waals surface area contributed by atoms with E-state index in [-0.39, 0.29) is 5.82 Å². The minimum absolute atomic E-state index is 0.187. The Balaban J connectivity index is 2.39. The fourth-order valence-electron chi connectivity index (χ4n) is 1.38. The first-order chi connectivity index (χ1) is 6.66. The van der Waals surface area contributed by atoms with E-state index in [4.69, 9.17) is 0 Å². The summed E-state index contributed by atoms with van der Waals surface area (Å²) in [6.07, 6.45) is 0. The Morgan fingerprint density at radius 1 is 1.29 bits per heavy atom. The second kappa shape index (κ2) is 3.33. The van der Waals surface area contributed by atoms with Gasteiger partial charge in [0.05, 0.1) is 6.54 Å². The number of hydrogen-bond donors (Lipinski definition) is 0. The van der Waals surface area contributed by atoms with Crippen molar-refractivity contribution < 1.29 is 4.39 Å². The summed E-state index contributed by atoms with van der Waals surface area (Å²) < 4.78 is 13.0. The highest BCUT2D eigenvalue weighted by molar-refractivity contribution is 6.11. The molecule has 3 heteroatoms. The van der Waals surface area contributed by atoms with Crippen LogP contribution in [0.2, 0.25) is 0 Å². The number of benzene rings is 1. The predicted molar refractivity (Wildman–Crippen MR) is 55.7 cm³/mol. The van der Waals surface area contributed by atoms with Gasteiger partial charge in [0.15, 0.2) is 5.84 Å². The van der Waals surface area contributed by atoms with Crippen molar-refractivity contribution in [2.45, 2.75) is 13.8 Å². The molecular weight excluding hydrogens is 179 g/mol. The lowest BCUT2D eigenvalue weighted by Gasteiger charge is -2.00. The highest BCUT2D eigenvalue weighted by Gasteiger charge is 2.09. The van der Waals surface area contributed by atoms with E-state index in [2.05, 4.69) is 9.98 Å². The van der Waals surface area contributed by atoms with Crippen molar-refractivity contribution in [2.75, 3.05) is 6.54 Å². The second-order valence-electron chi connectivity index (χ2n) is 3.45. The Kier molecular flexibility index (Phi) is 2.15. The van der Waals surface area contributed by atoms with E-state index in [0.29, 0.717) is 17.9 Å². The number of nitrogens with zero attached hydrogens (tertiary/aromatic N) is 2. The molecule has 1 aromatic carbocycles. The maximum absolute atomic E-state index is 13.0. The van der Waals surface area contributed by atoms with Gasteiger partial charge in [0, 0.05) is 11.3 Å². The summed E-state index contributed by atoms with van der Waals surface area (Å²) in [6, 6.07) is 4.94. The van der Waals surface area contributed by atoms with E-state index in [1.54, 1.807) is 19.1 Å². The van der Waals surface area contributed by atoms with Gasteiger partial charge in [-0.25, -0.2) is 9.38 Å². The Bertz CT molecular complexity index is 433. The van der Waals surface area contributed by atoms with Crippen LogP contribution in [0.15, 0.2) is 28.2 Å². The SMILES string of the molecule is CC1=NC(c2ccc(F)c(C)c2)=NC1. The third-order valence-corrected chi connectivity index (χ3v) is 2.17. The molecule has 2 nitrogen and oxygen atoms in total. The van der Waals surface area contributed by atoms with Crippen LogP contribution in [0.3, 0.4) is 0 Å². The number of aliphatic imine (C=N–C) groups is 2. The number of aryl methyl sites for hydroxylation is 1. The molecule has 0 bridgehead atoms. The van der Waals surface area contributed by atoms with Gasteiger partial charge in [-0.2, -0.15) is 0 Å². The predicted octanol–water partition coefficient (Wildman–Crippen LogP) is 2.36. The normalized spacial score (nSPS) is 15.4. The van der Waals surface area contributed by atoms with Gasteiger partial charge in [0.1, 0.15) is 5.82 Å². The average Bonchev–Trinajstić information content (AvgIpc) is 2.57. The van der Waals surface area contributed by atoms with Crippen molar-refractivity contribution in [1.82, 2.24) is 0 Å². The van der Waals surface area contributed by atoms with Crippen LogP contribution in [0.5, 0.6) is 0 Å². The van der Waals surface area contributed by atoms with Gasteiger partial charge in [-0.05, 0) is 37.6 Å². The molecule has 1 aliphatic heterocycles. The Labute approximate surface area is 82.2 Å². The van der Waals surface area contributed by atoms with Gasteiger partial charge in [0.2, 0.25) is 0 Å². The highest BCUT2D eigenvalue weighted by atomic mass is 19.1. The fraction of sp³-hybridized carbons (Fsp3) is 0.273. The maximum Gasteiger partial charge on any atom is 0.154 e. The van der Waals surface area contributed by atoms with E-state index in [0.717, 1.165) is 11.3 Å². The zero-order valence-electron chi connectivity index (χ0n) is 8.21. The van der Waals surface area contributed by atoms with Crippen molar-refractivity contribution in [3.63, 3.8) is 0 Å². The molecule has 0 saturated heterocycles. The summed E-state index contributed by atoms with van der Waals surface area (Å²) in [7, 11) is 0. The molecule has 0 aliphatic carbocycles. The summed E-state index contributed by atoms with van der Waals surface area (Å²) in [4.78, 5) is 8.52. The third kappa shape index (κ3) is 1.58. The zero-order chi connectivity index (χ0) is 10.1. The Morgan fingerprint density at radius 2 is 2.07 bits per heavy atom. The molecule has 1 aromatic rings. The molecule has 14 heavy (non-hydrogen) atoms. The molecule has 0 fully saturated rings. The summed E-state index contributed by atoms with van der Waals surface area (Å²) in [6.45, 7) is 4.34. The summed E-state index contributed by atoms with van der Waals surface area (Å²) >= 11 is 0. The molecule has 2 rings (SSSR count). The molecule has 1 heterocycles. The van der Waals surface area contributed by atoms with E-state index in [9.17, 15) is 4.39 Å². The monoisotopic (exact) mass is 190 g/mol. The minimum atomic E-state index is -0.187. The molecule has 0 atom stereocenters. The van der Waals surface area contributed by atoms with Crippen molar-refractivity contribution in [1.29, 1.82) is 0 Å². The van der Waals surface area contributed by atoms with Crippen molar-refractivity contribution in [2.24, 2.45) is 9.98 Å². The van der Waals surface area contributed by atoms with Gasteiger partial charge < -0.3 is 0 Å². The van der Waals surface area contributed by atoms with E-state index in [1.807, 2.05) is 6.92 Å². The van der Waals surface area contributed by atoms with Crippen LogP contribution >= 0.6 is 0 Å². The first-order valence-electron chi connectivity index (χ1n) is 4.52. The lowest BCUT2D eigenvalue weighted by atomic mass is 10.1. The van der Waals surface area contributed by atoms with Crippen molar-refractivity contribution in [3.8, 4) is 0 Å². The first-order valence-corrected chi connectivity index (χ1v) is 4.52. The quantitative estimate of drug-likeness (QED) is 0.649. The lowest BCUT2D eigenvalue weighted by Crippen LogP contribution is -1.96. The summed E-state index contributed by atoms with van der Waals surface area (Å²) in [5.74, 6) is 0.527. The van der Waals surface area contributed by atoms with Gasteiger partial charge in [-0.15, -0.1) is 0 Å². The minimum Gasteiger partial charge on any atom is -0.260 e. The van der Waals surface area contributed by atoms with Gasteiger partial charge in [0.25, 0.3) is 0 Å². The Morgan fingerprint density at radius 3 is 2.64 bits per heavy atom. The van der Waals surface area contributed by atoms with Gasteiger partial charge in [-0.1, -0.05) is 0 Å². The molecule has 0 saturated carbocycles. The smallest absolute Gasteiger partial charge is 0.154 e. The molecule has 1 aliphatic rings. The standard InChI is InChI=1S/C11H11FN2/c1-7-5-9(3-4-10(7)12)11-13-6-8(2)14-11/h3-5H,6H2,1-2H3. The molecule has 0 spiro atoms. The number of amidine groups is 1. The number of halogens is 1. The van der Waals surface area contributed by atoms with Crippen LogP contribution in [0.4, 0.5) is 4.39 Å². The topological polar surface area (TPSA) is 24.7 Å². The van der Waals surface area contributed by atoms with Crippen LogP contribution in [0, 0.1) is 12.7 Å². The molecule has 0 aromatic heterocycles. The molecule has 0 radical (unpaired) electrons. The van der Waals surface area contributed by atoms with Crippen molar-refractivity contribution >= 4 is 11.5 Å². The molecule has 72 valence electrons. The molecule has 0 amide bonds. The first kappa shape index (κ1) is 9.06. The number of hydrogen-bond acceptors (Lipinski definition) is 2. The summed E-state index contributed by atoms with van der Waals surface area (Å²) in [5.41, 5.74) is 2.52. The fourth-order valence-corrected chi connectivity index (χ4v) is 1.38. The average molecular weight is 190 g/mol. The van der Waals surface area contributed by atoms with E-state index in [1.165, 1.54) is 6.07 Å². The largest absolute Gasteiger partial charge is 0.260 e. The van der Waals surface area contributed by atoms with E-state index < -0.39 is 0 Å². The second-order valence-corrected chi connectivity index (χ2v) is 3.45. The van der Waals surface area contributed by atoms with Crippen LogP contribution in [-0.4, -0.2) is 18.1 Å². The lowest BCUT2D eigenvalue weighted by molar-refractivity contribution is 0.618. The van der Waals surface area contributed by atoms with Crippen LogP contribution in [-0.2, 0) is 0 Å². The van der Waals surface area contributed by atoms with Crippen LogP contribution in [0.1, 0.15) is 18.1 Å². The highest BCUT2D eigenvalue weighted by Crippen LogP contribution is 2.13. The Hall–Kier alpha value is -1.51. The third-order valence-electron chi connectivity index (χ3n) is 2.17. The molecule has 0 unspecified atom stereocenters. The van der Waals surface area contributed by atoms with E-state index >= 15 is 0 Å². The van der Waals surface area contributed by atoms with Gasteiger partial charge in [-0.3, -0.25) is 4.99 Å². The van der Waals surface area contributed by atoms with Crippen LogP contribution < -0.4 is 0 Å².